The smallest absolute Gasteiger partial charge is 0.156 e. The highest BCUT2D eigenvalue weighted by atomic mass is 35.6. The van der Waals surface area contributed by atoms with Crippen molar-refractivity contribution >= 4 is 25.1 Å². The summed E-state index contributed by atoms with van der Waals surface area (Å²) in [7, 11) is -0.503. The Kier molecular flexibility index (Phi) is 2.74. The average molecular weight is 185 g/mol. The number of benzene rings is 1. The fourth-order valence-corrected chi connectivity index (χ4v) is 2.70. The minimum atomic E-state index is -0.503. The Labute approximate surface area is 75.1 Å². The first kappa shape index (κ1) is 8.82. The van der Waals surface area contributed by atoms with Gasteiger partial charge in [-0.1, -0.05) is 12.1 Å². The fraction of sp³-hybridized carbons (Fsp3) is 0.333. The van der Waals surface area contributed by atoms with Gasteiger partial charge in [0.2, 0.25) is 0 Å². The van der Waals surface area contributed by atoms with E-state index in [-0.39, 0.29) is 0 Å². The van der Waals surface area contributed by atoms with Crippen molar-refractivity contribution in [3.05, 3.63) is 28.8 Å². The molecule has 0 aliphatic rings. The summed E-state index contributed by atoms with van der Waals surface area (Å²) in [5.41, 5.74) is 4.16. The first-order chi connectivity index (χ1) is 5.16. The maximum Gasteiger partial charge on any atom is 0.156 e. The van der Waals surface area contributed by atoms with Gasteiger partial charge in [0.1, 0.15) is 0 Å². The van der Waals surface area contributed by atoms with Crippen molar-refractivity contribution in [2.24, 2.45) is 0 Å². The van der Waals surface area contributed by atoms with Crippen LogP contribution in [0.4, 0.5) is 0 Å². The summed E-state index contributed by atoms with van der Waals surface area (Å²) in [5, 5.41) is 1.38. The SMILES string of the molecule is Cc1ccc([SiH2]Cl)c(C)c1C. The molecule has 0 amide bonds. The Morgan fingerprint density at radius 3 is 2.27 bits per heavy atom. The van der Waals surface area contributed by atoms with Crippen LogP contribution in [0, 0.1) is 20.8 Å². The van der Waals surface area contributed by atoms with Crippen LogP contribution in [0.1, 0.15) is 16.7 Å². The quantitative estimate of drug-likeness (QED) is 0.459. The molecule has 0 bridgehead atoms. The Morgan fingerprint density at radius 2 is 1.73 bits per heavy atom. The van der Waals surface area contributed by atoms with Crippen LogP contribution in [-0.2, 0) is 0 Å². The lowest BCUT2D eigenvalue weighted by Gasteiger charge is -2.07. The van der Waals surface area contributed by atoms with E-state index < -0.39 is 8.83 Å². The molecule has 11 heavy (non-hydrogen) atoms. The minimum Gasteiger partial charge on any atom is -0.170 e. The van der Waals surface area contributed by atoms with Crippen molar-refractivity contribution in [2.75, 3.05) is 0 Å². The highest BCUT2D eigenvalue weighted by Crippen LogP contribution is 2.09. The van der Waals surface area contributed by atoms with Crippen LogP contribution in [0.3, 0.4) is 0 Å². The van der Waals surface area contributed by atoms with Gasteiger partial charge in [-0.25, -0.2) is 0 Å². The Bertz CT molecular complexity index is 269. The van der Waals surface area contributed by atoms with E-state index in [4.69, 9.17) is 11.1 Å². The molecule has 0 radical (unpaired) electrons. The van der Waals surface area contributed by atoms with Gasteiger partial charge in [0.15, 0.2) is 8.83 Å². The Hall–Kier alpha value is -0.273. The molecule has 60 valence electrons. The van der Waals surface area contributed by atoms with Gasteiger partial charge in [-0.2, -0.15) is 11.1 Å². The monoisotopic (exact) mass is 184 g/mol. The normalized spacial score (nSPS) is 11.3. The van der Waals surface area contributed by atoms with Crippen molar-refractivity contribution < 1.29 is 0 Å². The minimum absolute atomic E-state index is 0.503. The molecule has 0 saturated carbocycles. The van der Waals surface area contributed by atoms with Crippen LogP contribution in [0.2, 0.25) is 0 Å². The zero-order chi connectivity index (χ0) is 8.43. The standard InChI is InChI=1S/C9H13ClSi/c1-6-4-5-9(11-10)8(3)7(6)2/h4-5H,11H2,1-3H3. The van der Waals surface area contributed by atoms with E-state index in [0.717, 1.165) is 0 Å². The van der Waals surface area contributed by atoms with E-state index in [0.29, 0.717) is 0 Å². The van der Waals surface area contributed by atoms with Crippen LogP contribution >= 0.6 is 11.1 Å². The summed E-state index contributed by atoms with van der Waals surface area (Å²) in [4.78, 5) is 0. The second kappa shape index (κ2) is 3.42. The number of halogens is 1. The fourth-order valence-electron chi connectivity index (χ4n) is 1.16. The highest BCUT2D eigenvalue weighted by molar-refractivity contribution is 7.01. The lowest BCUT2D eigenvalue weighted by molar-refractivity contribution is 1.28. The molecule has 2 heteroatoms. The number of hydrogen-bond acceptors (Lipinski definition) is 0. The van der Waals surface area contributed by atoms with Crippen molar-refractivity contribution in [1.82, 2.24) is 0 Å². The summed E-state index contributed by atoms with van der Waals surface area (Å²) in [6.07, 6.45) is 0. The van der Waals surface area contributed by atoms with Gasteiger partial charge in [0, 0.05) is 0 Å². The van der Waals surface area contributed by atoms with E-state index in [9.17, 15) is 0 Å². The molecule has 0 atom stereocenters. The molecule has 0 aromatic heterocycles. The van der Waals surface area contributed by atoms with E-state index >= 15 is 0 Å². The second-order valence-electron chi connectivity index (χ2n) is 2.93. The Morgan fingerprint density at radius 1 is 1.09 bits per heavy atom. The zero-order valence-electron chi connectivity index (χ0n) is 7.24. The van der Waals surface area contributed by atoms with Crippen LogP contribution in [0.15, 0.2) is 12.1 Å². The van der Waals surface area contributed by atoms with Crippen LogP contribution in [0.25, 0.3) is 0 Å². The maximum absolute atomic E-state index is 5.90. The van der Waals surface area contributed by atoms with Gasteiger partial charge in [-0.3, -0.25) is 0 Å². The summed E-state index contributed by atoms with van der Waals surface area (Å²) >= 11 is 5.90. The van der Waals surface area contributed by atoms with Gasteiger partial charge in [-0.15, -0.1) is 0 Å². The summed E-state index contributed by atoms with van der Waals surface area (Å²) in [6, 6.07) is 4.32. The van der Waals surface area contributed by atoms with E-state index in [1.165, 1.54) is 21.9 Å². The second-order valence-corrected chi connectivity index (χ2v) is 4.76. The van der Waals surface area contributed by atoms with Gasteiger partial charge < -0.3 is 0 Å². The number of hydrogen-bond donors (Lipinski definition) is 0. The lowest BCUT2D eigenvalue weighted by atomic mass is 10.1. The maximum atomic E-state index is 5.90. The highest BCUT2D eigenvalue weighted by Gasteiger charge is 2.01. The van der Waals surface area contributed by atoms with Gasteiger partial charge in [-0.05, 0) is 42.6 Å². The third-order valence-corrected chi connectivity index (χ3v) is 4.23. The molecular formula is C9H13ClSi. The van der Waals surface area contributed by atoms with Crippen molar-refractivity contribution in [3.8, 4) is 0 Å². The molecular weight excluding hydrogens is 172 g/mol. The zero-order valence-corrected chi connectivity index (χ0v) is 9.41. The molecule has 0 nitrogen and oxygen atoms in total. The van der Waals surface area contributed by atoms with Crippen molar-refractivity contribution in [2.45, 2.75) is 20.8 Å². The van der Waals surface area contributed by atoms with Gasteiger partial charge in [0.25, 0.3) is 0 Å². The first-order valence-corrected chi connectivity index (χ1v) is 6.63. The van der Waals surface area contributed by atoms with E-state index in [1.54, 1.807) is 0 Å². The average Bonchev–Trinajstić information content (AvgIpc) is 2.01. The van der Waals surface area contributed by atoms with Gasteiger partial charge in [0.05, 0.1) is 0 Å². The Balaban J connectivity index is 3.25. The van der Waals surface area contributed by atoms with Crippen LogP contribution in [0.5, 0.6) is 0 Å². The third kappa shape index (κ3) is 1.66. The number of aryl methyl sites for hydroxylation is 1. The van der Waals surface area contributed by atoms with Gasteiger partial charge >= 0.3 is 0 Å². The third-order valence-electron chi connectivity index (χ3n) is 2.31. The van der Waals surface area contributed by atoms with Crippen molar-refractivity contribution in [3.63, 3.8) is 0 Å². The van der Waals surface area contributed by atoms with Crippen LogP contribution < -0.4 is 5.19 Å². The summed E-state index contributed by atoms with van der Waals surface area (Å²) < 4.78 is 0. The molecule has 0 fully saturated rings. The molecule has 0 aliphatic heterocycles. The van der Waals surface area contributed by atoms with E-state index in [2.05, 4.69) is 32.9 Å². The topological polar surface area (TPSA) is 0 Å². The molecule has 0 spiro atoms. The molecule has 0 heterocycles. The van der Waals surface area contributed by atoms with Crippen LogP contribution in [-0.4, -0.2) is 8.83 Å². The van der Waals surface area contributed by atoms with Crippen molar-refractivity contribution in [1.29, 1.82) is 0 Å². The molecule has 1 aromatic carbocycles. The molecule has 0 unspecified atom stereocenters. The lowest BCUT2D eigenvalue weighted by Crippen LogP contribution is -2.14. The predicted molar refractivity (Wildman–Crippen MR) is 54.7 cm³/mol. The predicted octanol–water partition coefficient (Wildman–Crippen LogP) is 1.56. The number of rotatable bonds is 1. The largest absolute Gasteiger partial charge is 0.170 e. The summed E-state index contributed by atoms with van der Waals surface area (Å²) in [5.74, 6) is 0. The summed E-state index contributed by atoms with van der Waals surface area (Å²) in [6.45, 7) is 6.46. The molecule has 0 saturated heterocycles. The van der Waals surface area contributed by atoms with E-state index in [1.807, 2.05) is 0 Å². The first-order valence-electron chi connectivity index (χ1n) is 3.78. The molecule has 0 N–H and O–H groups in total. The molecule has 1 rings (SSSR count). The molecule has 0 aliphatic carbocycles. The molecule has 1 aromatic rings.